The molecule has 0 aliphatic heterocycles. The SMILES string of the molecule is Cc1cccc(-c2nc(CC(=O)Nc3nc(-c4cc(Cl)sc4Cl)cs3)cs2)c1. The standard InChI is InChI=1S/C19H13Cl2N3OS3/c1-10-3-2-4-11(5-10)18-22-12(8-26-18)6-16(25)24-19-23-14(9-27-19)13-7-15(20)28-17(13)21/h2-5,7-9H,6H2,1H3,(H,23,24,25). The predicted molar refractivity (Wildman–Crippen MR) is 120 cm³/mol. The molecule has 0 radical (unpaired) electrons. The van der Waals surface area contributed by atoms with E-state index in [1.54, 1.807) is 6.07 Å². The quantitative estimate of drug-likeness (QED) is 0.352. The van der Waals surface area contributed by atoms with E-state index in [0.717, 1.165) is 21.8 Å². The lowest BCUT2D eigenvalue weighted by Crippen LogP contribution is -2.14. The van der Waals surface area contributed by atoms with Crippen molar-refractivity contribution in [1.29, 1.82) is 0 Å². The summed E-state index contributed by atoms with van der Waals surface area (Å²) in [6.07, 6.45) is 0.197. The number of amides is 1. The number of halogens is 2. The molecule has 28 heavy (non-hydrogen) atoms. The number of thiophene rings is 1. The number of thiazole rings is 2. The second kappa shape index (κ2) is 8.31. The molecule has 3 aromatic heterocycles. The number of carbonyl (C=O) groups is 1. The molecule has 4 aromatic rings. The lowest BCUT2D eigenvalue weighted by molar-refractivity contribution is -0.115. The van der Waals surface area contributed by atoms with Gasteiger partial charge in [0, 0.05) is 21.9 Å². The summed E-state index contributed by atoms with van der Waals surface area (Å²) in [4.78, 5) is 21.4. The van der Waals surface area contributed by atoms with Gasteiger partial charge in [-0.15, -0.1) is 34.0 Å². The molecule has 0 bridgehead atoms. The van der Waals surface area contributed by atoms with Crippen molar-refractivity contribution in [2.75, 3.05) is 5.32 Å². The predicted octanol–water partition coefficient (Wildman–Crippen LogP) is 6.79. The van der Waals surface area contributed by atoms with E-state index in [1.165, 1.54) is 39.6 Å². The Morgan fingerprint density at radius 3 is 2.75 bits per heavy atom. The molecule has 0 unspecified atom stereocenters. The Morgan fingerprint density at radius 2 is 2.00 bits per heavy atom. The molecule has 0 atom stereocenters. The third-order valence-electron chi connectivity index (χ3n) is 3.84. The fraction of sp³-hybridized carbons (Fsp3) is 0.105. The van der Waals surface area contributed by atoms with Gasteiger partial charge >= 0.3 is 0 Å². The Morgan fingerprint density at radius 1 is 1.14 bits per heavy atom. The highest BCUT2D eigenvalue weighted by Crippen LogP contribution is 2.39. The first-order valence-electron chi connectivity index (χ1n) is 8.20. The number of anilines is 1. The molecule has 9 heteroatoms. The molecule has 0 saturated heterocycles. The number of aryl methyl sites for hydroxylation is 1. The highest BCUT2D eigenvalue weighted by molar-refractivity contribution is 7.20. The summed E-state index contributed by atoms with van der Waals surface area (Å²) in [7, 11) is 0. The van der Waals surface area contributed by atoms with Crippen LogP contribution in [0.15, 0.2) is 41.1 Å². The minimum absolute atomic E-state index is 0.156. The highest BCUT2D eigenvalue weighted by Gasteiger charge is 2.14. The third kappa shape index (κ3) is 4.45. The average molecular weight is 466 g/mol. The molecule has 142 valence electrons. The maximum Gasteiger partial charge on any atom is 0.232 e. The number of hydrogen-bond donors (Lipinski definition) is 1. The van der Waals surface area contributed by atoms with E-state index < -0.39 is 0 Å². The van der Waals surface area contributed by atoms with Gasteiger partial charge in [-0.05, 0) is 19.1 Å². The van der Waals surface area contributed by atoms with E-state index in [0.29, 0.717) is 19.5 Å². The number of nitrogens with zero attached hydrogens (tertiary/aromatic N) is 2. The Bertz CT molecular complexity index is 1150. The minimum atomic E-state index is -0.156. The fourth-order valence-electron chi connectivity index (χ4n) is 2.60. The molecule has 1 amide bonds. The normalized spacial score (nSPS) is 11.0. The number of hydrogen-bond acceptors (Lipinski definition) is 6. The molecule has 4 rings (SSSR count). The fourth-order valence-corrected chi connectivity index (χ4v) is 5.62. The smallest absolute Gasteiger partial charge is 0.232 e. The van der Waals surface area contributed by atoms with Crippen molar-refractivity contribution in [3.8, 4) is 21.8 Å². The first kappa shape index (κ1) is 19.5. The van der Waals surface area contributed by atoms with Gasteiger partial charge in [-0.1, -0.05) is 47.0 Å². The number of benzene rings is 1. The number of aromatic nitrogens is 2. The van der Waals surface area contributed by atoms with Crippen LogP contribution < -0.4 is 5.32 Å². The monoisotopic (exact) mass is 465 g/mol. The Kier molecular flexibility index (Phi) is 5.80. The lowest BCUT2D eigenvalue weighted by atomic mass is 10.1. The van der Waals surface area contributed by atoms with E-state index >= 15 is 0 Å². The largest absolute Gasteiger partial charge is 0.302 e. The van der Waals surface area contributed by atoms with Gasteiger partial charge in [-0.25, -0.2) is 9.97 Å². The summed E-state index contributed by atoms with van der Waals surface area (Å²) in [5.74, 6) is -0.156. The number of rotatable bonds is 5. The maximum absolute atomic E-state index is 12.4. The molecule has 0 saturated carbocycles. The van der Waals surface area contributed by atoms with Gasteiger partial charge in [0.2, 0.25) is 5.91 Å². The van der Waals surface area contributed by atoms with E-state index in [1.807, 2.05) is 35.9 Å². The summed E-state index contributed by atoms with van der Waals surface area (Å²) in [6, 6.07) is 9.93. The van der Waals surface area contributed by atoms with Crippen molar-refractivity contribution in [1.82, 2.24) is 9.97 Å². The Labute approximate surface area is 183 Å². The van der Waals surface area contributed by atoms with Gasteiger partial charge in [0.05, 0.1) is 22.1 Å². The van der Waals surface area contributed by atoms with Crippen molar-refractivity contribution < 1.29 is 4.79 Å². The Balaban J connectivity index is 1.42. The van der Waals surface area contributed by atoms with E-state index in [2.05, 4.69) is 21.4 Å². The van der Waals surface area contributed by atoms with Crippen molar-refractivity contribution in [3.05, 3.63) is 61.0 Å². The lowest BCUT2D eigenvalue weighted by Gasteiger charge is -2.00. The molecule has 0 spiro atoms. The second-order valence-corrected chi connectivity index (χ2v) is 10.0. The topological polar surface area (TPSA) is 54.9 Å². The maximum atomic E-state index is 12.4. The van der Waals surface area contributed by atoms with Gasteiger partial charge in [0.25, 0.3) is 0 Å². The summed E-state index contributed by atoms with van der Waals surface area (Å²) < 4.78 is 1.19. The molecule has 1 N–H and O–H groups in total. The van der Waals surface area contributed by atoms with Crippen LogP contribution in [0.1, 0.15) is 11.3 Å². The zero-order valence-electron chi connectivity index (χ0n) is 14.5. The summed E-state index contributed by atoms with van der Waals surface area (Å²) in [5.41, 5.74) is 4.45. The molecule has 1 aromatic carbocycles. The first-order valence-corrected chi connectivity index (χ1v) is 11.5. The van der Waals surface area contributed by atoms with Gasteiger partial charge < -0.3 is 5.32 Å². The van der Waals surface area contributed by atoms with Gasteiger partial charge in [0.1, 0.15) is 9.34 Å². The minimum Gasteiger partial charge on any atom is -0.302 e. The molecular formula is C19H13Cl2N3OS3. The first-order chi connectivity index (χ1) is 13.5. The molecule has 0 aliphatic rings. The second-order valence-electron chi connectivity index (χ2n) is 6.01. The van der Waals surface area contributed by atoms with Crippen LogP contribution >= 0.6 is 57.2 Å². The van der Waals surface area contributed by atoms with Crippen LogP contribution in [-0.2, 0) is 11.2 Å². The van der Waals surface area contributed by atoms with Crippen LogP contribution in [0.3, 0.4) is 0 Å². The molecular weight excluding hydrogens is 453 g/mol. The molecule has 3 heterocycles. The summed E-state index contributed by atoms with van der Waals surface area (Å²) >= 11 is 16.3. The van der Waals surface area contributed by atoms with Crippen LogP contribution in [0.5, 0.6) is 0 Å². The summed E-state index contributed by atoms with van der Waals surface area (Å²) in [6.45, 7) is 2.05. The zero-order chi connectivity index (χ0) is 19.7. The van der Waals surface area contributed by atoms with Crippen molar-refractivity contribution in [2.24, 2.45) is 0 Å². The van der Waals surface area contributed by atoms with E-state index in [4.69, 9.17) is 23.2 Å². The van der Waals surface area contributed by atoms with Crippen molar-refractivity contribution in [2.45, 2.75) is 13.3 Å². The number of nitrogens with one attached hydrogen (secondary N) is 1. The molecule has 0 aliphatic carbocycles. The van der Waals surface area contributed by atoms with E-state index in [9.17, 15) is 4.79 Å². The van der Waals surface area contributed by atoms with Gasteiger partial charge in [-0.2, -0.15) is 0 Å². The molecule has 0 fully saturated rings. The summed E-state index contributed by atoms with van der Waals surface area (Å²) in [5, 5.41) is 8.02. The van der Waals surface area contributed by atoms with Crippen LogP contribution in [0.4, 0.5) is 5.13 Å². The zero-order valence-corrected chi connectivity index (χ0v) is 18.5. The van der Waals surface area contributed by atoms with Crippen LogP contribution in [0.2, 0.25) is 8.67 Å². The number of carbonyl (C=O) groups excluding carboxylic acids is 1. The van der Waals surface area contributed by atoms with Crippen LogP contribution in [0.25, 0.3) is 21.8 Å². The van der Waals surface area contributed by atoms with Gasteiger partial charge in [0.15, 0.2) is 5.13 Å². The van der Waals surface area contributed by atoms with Gasteiger partial charge in [-0.3, -0.25) is 4.79 Å². The highest BCUT2D eigenvalue weighted by atomic mass is 35.5. The van der Waals surface area contributed by atoms with E-state index in [-0.39, 0.29) is 12.3 Å². The Hall–Kier alpha value is -1.77. The van der Waals surface area contributed by atoms with Crippen molar-refractivity contribution >= 4 is 68.3 Å². The average Bonchev–Trinajstić information content (AvgIpc) is 3.35. The molecule has 4 nitrogen and oxygen atoms in total. The van der Waals surface area contributed by atoms with Crippen LogP contribution in [-0.4, -0.2) is 15.9 Å². The van der Waals surface area contributed by atoms with Crippen LogP contribution in [0, 0.1) is 6.92 Å². The third-order valence-corrected chi connectivity index (χ3v) is 7.03. The van der Waals surface area contributed by atoms with Crippen molar-refractivity contribution in [3.63, 3.8) is 0 Å².